The van der Waals surface area contributed by atoms with Crippen molar-refractivity contribution in [3.8, 4) is 0 Å². The molecule has 146 valence electrons. The van der Waals surface area contributed by atoms with Crippen LogP contribution in [0.3, 0.4) is 0 Å². The van der Waals surface area contributed by atoms with E-state index in [0.29, 0.717) is 23.7 Å². The van der Waals surface area contributed by atoms with Gasteiger partial charge in [-0.2, -0.15) is 5.10 Å². The van der Waals surface area contributed by atoms with E-state index in [0.717, 1.165) is 9.56 Å². The van der Waals surface area contributed by atoms with Gasteiger partial charge in [0, 0.05) is 16.3 Å². The second-order valence-electron chi connectivity index (χ2n) is 6.85. The van der Waals surface area contributed by atoms with E-state index in [9.17, 15) is 18.0 Å². The van der Waals surface area contributed by atoms with Crippen molar-refractivity contribution in [3.63, 3.8) is 0 Å². The van der Waals surface area contributed by atoms with Crippen LogP contribution in [0.1, 0.15) is 11.3 Å². The van der Waals surface area contributed by atoms with Gasteiger partial charge in [0.05, 0.1) is 29.6 Å². The van der Waals surface area contributed by atoms with Crippen molar-refractivity contribution in [1.29, 1.82) is 0 Å². The van der Waals surface area contributed by atoms with Crippen LogP contribution >= 0.6 is 11.3 Å². The maximum Gasteiger partial charge on any atom is 0.275 e. The fraction of sp³-hybridized carbons (Fsp3) is 0.316. The normalized spacial score (nSPS) is 18.4. The number of carbonyl (C=O) groups excluding carboxylic acids is 1. The average Bonchev–Trinajstić information content (AvgIpc) is 3.31. The van der Waals surface area contributed by atoms with Crippen LogP contribution < -0.4 is 5.56 Å². The number of thiophene rings is 1. The molecule has 0 aliphatic carbocycles. The molecule has 1 fully saturated rings. The molecule has 4 rings (SSSR count). The summed E-state index contributed by atoms with van der Waals surface area (Å²) >= 11 is 1.51. The molecule has 1 aliphatic rings. The Morgan fingerprint density at radius 1 is 1.25 bits per heavy atom. The molecule has 3 heterocycles. The van der Waals surface area contributed by atoms with Gasteiger partial charge in [-0.3, -0.25) is 9.59 Å². The van der Waals surface area contributed by atoms with E-state index >= 15 is 0 Å². The van der Waals surface area contributed by atoms with E-state index < -0.39 is 9.84 Å². The predicted molar refractivity (Wildman–Crippen MR) is 108 cm³/mol. The number of sulfone groups is 1. The van der Waals surface area contributed by atoms with E-state index in [2.05, 4.69) is 5.10 Å². The molecular formula is C19H19N3O4S2. The Morgan fingerprint density at radius 3 is 2.79 bits per heavy atom. The molecule has 2 aromatic heterocycles. The second-order valence-corrected chi connectivity index (χ2v) is 10.1. The third kappa shape index (κ3) is 3.85. The fourth-order valence-corrected chi connectivity index (χ4v) is 5.91. The number of nitrogens with zero attached hydrogens (tertiary/aromatic N) is 3. The average molecular weight is 418 g/mol. The molecule has 1 unspecified atom stereocenters. The minimum atomic E-state index is -3.14. The van der Waals surface area contributed by atoms with Crippen molar-refractivity contribution in [1.82, 2.24) is 14.7 Å². The highest BCUT2D eigenvalue weighted by Crippen LogP contribution is 2.22. The lowest BCUT2D eigenvalue weighted by atomic mass is 10.2. The summed E-state index contributed by atoms with van der Waals surface area (Å²) in [6.07, 6.45) is 1.98. The predicted octanol–water partition coefficient (Wildman–Crippen LogP) is 1.67. The van der Waals surface area contributed by atoms with E-state index in [1.54, 1.807) is 29.3 Å². The van der Waals surface area contributed by atoms with Gasteiger partial charge in [0.2, 0.25) is 5.91 Å². The topological polar surface area (TPSA) is 89.3 Å². The monoisotopic (exact) mass is 417 g/mol. The molecule has 0 bridgehead atoms. The second kappa shape index (κ2) is 7.48. The van der Waals surface area contributed by atoms with Gasteiger partial charge in [0.1, 0.15) is 6.54 Å². The zero-order chi connectivity index (χ0) is 19.7. The first-order valence-electron chi connectivity index (χ1n) is 8.90. The Labute approximate surface area is 166 Å². The van der Waals surface area contributed by atoms with E-state index in [4.69, 9.17) is 0 Å². The highest BCUT2D eigenvalue weighted by molar-refractivity contribution is 7.91. The van der Waals surface area contributed by atoms with Crippen molar-refractivity contribution >= 4 is 37.9 Å². The standard InChI is InChI=1S/C19H19N3O4S2/c23-18(12-22-19(24)17-6-2-1-4-14(17)10-20-22)21(11-16-5-3-8-27-16)15-7-9-28(25,26)13-15/h1-6,8,10,15H,7,9,11-13H2. The lowest BCUT2D eigenvalue weighted by molar-refractivity contribution is -0.134. The first kappa shape index (κ1) is 18.8. The summed E-state index contributed by atoms with van der Waals surface area (Å²) in [5.74, 6) is -0.259. The van der Waals surface area contributed by atoms with Crippen molar-refractivity contribution in [2.75, 3.05) is 11.5 Å². The van der Waals surface area contributed by atoms with Gasteiger partial charge in [-0.15, -0.1) is 11.3 Å². The Hall–Kier alpha value is -2.52. The Balaban J connectivity index is 1.62. The first-order chi connectivity index (χ1) is 13.4. The van der Waals surface area contributed by atoms with Gasteiger partial charge >= 0.3 is 0 Å². The van der Waals surface area contributed by atoms with Gasteiger partial charge < -0.3 is 4.90 Å². The van der Waals surface area contributed by atoms with Gasteiger partial charge in [0.25, 0.3) is 5.56 Å². The Bertz CT molecular complexity index is 1170. The summed E-state index contributed by atoms with van der Waals surface area (Å²) in [7, 11) is -3.14. The zero-order valence-corrected chi connectivity index (χ0v) is 16.7. The molecule has 1 atom stereocenters. The number of hydrogen-bond donors (Lipinski definition) is 0. The third-order valence-electron chi connectivity index (χ3n) is 4.92. The largest absolute Gasteiger partial charge is 0.332 e. The summed E-state index contributed by atoms with van der Waals surface area (Å²) in [5.41, 5.74) is -0.332. The van der Waals surface area contributed by atoms with Crippen molar-refractivity contribution in [2.24, 2.45) is 0 Å². The summed E-state index contributed by atoms with van der Waals surface area (Å²) < 4.78 is 25.0. The lowest BCUT2D eigenvalue weighted by Gasteiger charge is -2.28. The zero-order valence-electron chi connectivity index (χ0n) is 15.0. The van der Waals surface area contributed by atoms with Crippen LogP contribution in [0.5, 0.6) is 0 Å². The number of fused-ring (bicyclic) bond motifs is 1. The number of hydrogen-bond acceptors (Lipinski definition) is 6. The van der Waals surface area contributed by atoms with E-state index in [1.807, 2.05) is 23.6 Å². The molecule has 28 heavy (non-hydrogen) atoms. The SMILES string of the molecule is O=C(Cn1ncc2ccccc2c1=O)N(Cc1cccs1)C1CCS(=O)(=O)C1. The van der Waals surface area contributed by atoms with Crippen LogP contribution in [0.15, 0.2) is 52.8 Å². The van der Waals surface area contributed by atoms with Crippen LogP contribution in [-0.4, -0.2) is 46.6 Å². The molecule has 9 heteroatoms. The summed E-state index contributed by atoms with van der Waals surface area (Å²) in [6.45, 7) is 0.116. The number of rotatable bonds is 5. The molecule has 1 aromatic carbocycles. The molecule has 0 spiro atoms. The van der Waals surface area contributed by atoms with Crippen molar-refractivity contribution in [2.45, 2.75) is 25.6 Å². The van der Waals surface area contributed by atoms with Crippen LogP contribution in [0.4, 0.5) is 0 Å². The lowest BCUT2D eigenvalue weighted by Crippen LogP contribution is -2.43. The summed E-state index contributed by atoms with van der Waals surface area (Å²) in [4.78, 5) is 28.3. The highest BCUT2D eigenvalue weighted by atomic mass is 32.2. The quantitative estimate of drug-likeness (QED) is 0.630. The summed E-state index contributed by atoms with van der Waals surface area (Å²) in [5, 5.41) is 7.25. The molecular weight excluding hydrogens is 398 g/mol. The molecule has 0 N–H and O–H groups in total. The minimum Gasteiger partial charge on any atom is -0.332 e. The third-order valence-corrected chi connectivity index (χ3v) is 7.53. The smallest absolute Gasteiger partial charge is 0.275 e. The highest BCUT2D eigenvalue weighted by Gasteiger charge is 2.35. The molecule has 7 nitrogen and oxygen atoms in total. The van der Waals surface area contributed by atoms with Gasteiger partial charge in [-0.25, -0.2) is 13.1 Å². The molecule has 0 saturated carbocycles. The van der Waals surface area contributed by atoms with Gasteiger partial charge in [0.15, 0.2) is 9.84 Å². The molecule has 1 aliphatic heterocycles. The number of benzene rings is 1. The van der Waals surface area contributed by atoms with Crippen molar-refractivity contribution < 1.29 is 13.2 Å². The Kier molecular flexibility index (Phi) is 5.03. The Morgan fingerprint density at radius 2 is 2.07 bits per heavy atom. The number of carbonyl (C=O) groups is 1. The molecule has 1 saturated heterocycles. The number of aromatic nitrogens is 2. The van der Waals surface area contributed by atoms with Gasteiger partial charge in [-0.05, 0) is 23.9 Å². The van der Waals surface area contributed by atoms with Crippen LogP contribution in [0, 0.1) is 0 Å². The maximum absolute atomic E-state index is 13.1. The minimum absolute atomic E-state index is 0.0375. The maximum atomic E-state index is 13.1. The number of amides is 1. The molecule has 3 aromatic rings. The molecule has 1 amide bonds. The van der Waals surface area contributed by atoms with Crippen molar-refractivity contribution in [3.05, 3.63) is 63.2 Å². The van der Waals surface area contributed by atoms with Crippen LogP contribution in [0.2, 0.25) is 0 Å². The molecule has 0 radical (unpaired) electrons. The summed E-state index contributed by atoms with van der Waals surface area (Å²) in [6, 6.07) is 10.5. The first-order valence-corrected chi connectivity index (χ1v) is 11.6. The van der Waals surface area contributed by atoms with Gasteiger partial charge in [-0.1, -0.05) is 24.3 Å². The van der Waals surface area contributed by atoms with E-state index in [1.165, 1.54) is 11.3 Å². The van der Waals surface area contributed by atoms with Crippen LogP contribution in [0.25, 0.3) is 10.8 Å². The fourth-order valence-electron chi connectivity index (χ4n) is 3.47. The van der Waals surface area contributed by atoms with Crippen LogP contribution in [-0.2, 0) is 27.7 Å². The van der Waals surface area contributed by atoms with E-state index in [-0.39, 0.29) is 35.6 Å².